The maximum absolute atomic E-state index is 11.9. The Morgan fingerprint density at radius 1 is 1.43 bits per heavy atom. The summed E-state index contributed by atoms with van der Waals surface area (Å²) in [5.74, 6) is -0.261. The topological polar surface area (TPSA) is 120 Å². The van der Waals surface area contributed by atoms with Crippen LogP contribution in [0.1, 0.15) is 12.0 Å². The normalized spacial score (nSPS) is 23.2. The average molecular weight is 386 g/mol. The summed E-state index contributed by atoms with van der Waals surface area (Å²) >= 11 is 0. The number of cyclic esters (lactones) is 1. The number of anilines is 1. The zero-order valence-electron chi connectivity index (χ0n) is 14.9. The highest BCUT2D eigenvalue weighted by Crippen LogP contribution is 2.41. The summed E-state index contributed by atoms with van der Waals surface area (Å²) < 4.78 is 12.7. The van der Waals surface area contributed by atoms with Crippen molar-refractivity contribution < 1.29 is 24.3 Å². The number of amides is 1. The number of nitrogens with zero attached hydrogens (tertiary/aromatic N) is 4. The van der Waals surface area contributed by atoms with E-state index in [2.05, 4.69) is 11.6 Å². The first kappa shape index (κ1) is 18.0. The number of hydrogen-bond donors (Lipinski definition) is 1. The van der Waals surface area contributed by atoms with Crippen molar-refractivity contribution in [2.75, 3.05) is 18.1 Å². The molecule has 146 valence electrons. The number of carbonyl (C=O) groups excluding carboxylic acids is 1. The third kappa shape index (κ3) is 2.87. The second-order valence-electron chi connectivity index (χ2n) is 6.70. The van der Waals surface area contributed by atoms with Gasteiger partial charge in [-0.05, 0) is 22.6 Å². The van der Waals surface area contributed by atoms with E-state index < -0.39 is 22.7 Å². The molecule has 0 saturated carbocycles. The number of rotatable bonds is 6. The second kappa shape index (κ2) is 6.64. The fraction of sp³-hybridized carbons (Fsp3) is 0.333. The van der Waals surface area contributed by atoms with Crippen molar-refractivity contribution in [2.45, 2.75) is 24.7 Å². The van der Waals surface area contributed by atoms with E-state index in [1.165, 1.54) is 11.1 Å². The molecule has 1 fully saturated rings. The van der Waals surface area contributed by atoms with Crippen molar-refractivity contribution in [3.05, 3.63) is 58.8 Å². The van der Waals surface area contributed by atoms with Gasteiger partial charge < -0.3 is 24.7 Å². The number of aromatic nitrogens is 2. The molecule has 0 bridgehead atoms. The number of imidazole rings is 1. The van der Waals surface area contributed by atoms with Crippen LogP contribution in [0.3, 0.4) is 0 Å². The summed E-state index contributed by atoms with van der Waals surface area (Å²) in [6.45, 7) is 4.19. The predicted octanol–water partition coefficient (Wildman–Crippen LogP) is 1.97. The molecule has 1 aromatic heterocycles. The zero-order valence-corrected chi connectivity index (χ0v) is 14.9. The molecule has 1 aromatic carbocycles. The van der Waals surface area contributed by atoms with Crippen molar-refractivity contribution >= 4 is 17.6 Å². The first-order valence-electron chi connectivity index (χ1n) is 8.67. The molecule has 3 heterocycles. The minimum absolute atomic E-state index is 0.187. The van der Waals surface area contributed by atoms with Gasteiger partial charge in [0.05, 0.1) is 19.7 Å². The van der Waals surface area contributed by atoms with Crippen molar-refractivity contribution in [2.24, 2.45) is 0 Å². The number of hydrogen-bond acceptors (Lipinski definition) is 7. The van der Waals surface area contributed by atoms with E-state index in [1.807, 2.05) is 12.1 Å². The summed E-state index contributed by atoms with van der Waals surface area (Å²) in [4.78, 5) is 27.6. The molecule has 4 rings (SSSR count). The van der Waals surface area contributed by atoms with Crippen LogP contribution < -0.4 is 9.64 Å². The fourth-order valence-corrected chi connectivity index (χ4v) is 3.53. The lowest BCUT2D eigenvalue weighted by molar-refractivity contribution is -0.389. The molecular weight excluding hydrogens is 368 g/mol. The molecule has 2 atom stereocenters. The highest BCUT2D eigenvalue weighted by Gasteiger charge is 2.44. The van der Waals surface area contributed by atoms with Crippen molar-refractivity contribution in [3.8, 4) is 6.01 Å². The number of carbonyl (C=O) groups is 1. The molecule has 1 amide bonds. The number of fused-ring (bicyclic) bond motifs is 1. The molecule has 28 heavy (non-hydrogen) atoms. The Labute approximate surface area is 159 Å². The minimum atomic E-state index is -0.781. The van der Waals surface area contributed by atoms with Gasteiger partial charge in [-0.15, -0.1) is 6.58 Å². The highest BCUT2D eigenvalue weighted by molar-refractivity contribution is 5.89. The number of aliphatic hydroxyl groups is 1. The third-order valence-electron chi connectivity index (χ3n) is 4.88. The smallest absolute Gasteiger partial charge is 0.415 e. The van der Waals surface area contributed by atoms with Gasteiger partial charge in [0, 0.05) is 17.1 Å². The lowest BCUT2D eigenvalue weighted by Gasteiger charge is -2.27. The number of nitro groups is 1. The summed E-state index contributed by atoms with van der Waals surface area (Å²) in [6.07, 6.45) is 2.51. The van der Waals surface area contributed by atoms with Crippen LogP contribution in [-0.2, 0) is 16.9 Å². The van der Waals surface area contributed by atoms with E-state index in [0.29, 0.717) is 18.7 Å². The Balaban J connectivity index is 1.59. The van der Waals surface area contributed by atoms with Crippen LogP contribution in [0.2, 0.25) is 0 Å². The Hall–Kier alpha value is -3.40. The molecule has 10 heteroatoms. The molecule has 0 radical (unpaired) electrons. The molecule has 0 spiro atoms. The van der Waals surface area contributed by atoms with Crippen LogP contribution in [0, 0.1) is 10.1 Å². The molecule has 1 N–H and O–H groups in total. The maximum atomic E-state index is 11.9. The van der Waals surface area contributed by atoms with Crippen LogP contribution in [0.15, 0.2) is 43.1 Å². The van der Waals surface area contributed by atoms with E-state index in [4.69, 9.17) is 14.6 Å². The molecule has 2 unspecified atom stereocenters. The molecule has 2 aromatic rings. The molecule has 2 aliphatic rings. The second-order valence-corrected chi connectivity index (χ2v) is 6.70. The predicted molar refractivity (Wildman–Crippen MR) is 97.1 cm³/mol. The Bertz CT molecular complexity index is 915. The van der Waals surface area contributed by atoms with Gasteiger partial charge in [-0.3, -0.25) is 9.47 Å². The van der Waals surface area contributed by atoms with Crippen LogP contribution in [0.4, 0.5) is 16.3 Å². The fourth-order valence-electron chi connectivity index (χ4n) is 3.53. The Morgan fingerprint density at radius 3 is 2.75 bits per heavy atom. The lowest BCUT2D eigenvalue weighted by Crippen LogP contribution is -2.32. The first-order chi connectivity index (χ1) is 13.5. The van der Waals surface area contributed by atoms with Gasteiger partial charge in [-0.2, -0.15) is 0 Å². The quantitative estimate of drug-likeness (QED) is 0.458. The standard InChI is InChI=1S/C18H18N4O6/c1-2-7-18(11-20-9-15(22(25)26)19-16(20)28-18)12-3-5-13(6-4-12)21-8-14(10-23)27-17(21)24/h2-6,9,14,23H,1,7-8,10-11H2. The molecule has 10 nitrogen and oxygen atoms in total. The van der Waals surface area contributed by atoms with Crippen LogP contribution in [0.25, 0.3) is 0 Å². The van der Waals surface area contributed by atoms with Crippen LogP contribution >= 0.6 is 0 Å². The largest absolute Gasteiger partial charge is 0.441 e. The third-order valence-corrected chi connectivity index (χ3v) is 4.88. The van der Waals surface area contributed by atoms with Crippen LogP contribution in [-0.4, -0.2) is 44.9 Å². The van der Waals surface area contributed by atoms with Gasteiger partial charge in [0.1, 0.15) is 12.3 Å². The number of aliphatic hydroxyl groups excluding tert-OH is 1. The van der Waals surface area contributed by atoms with E-state index in [0.717, 1.165) is 5.56 Å². The van der Waals surface area contributed by atoms with E-state index >= 15 is 0 Å². The van der Waals surface area contributed by atoms with E-state index in [1.54, 1.807) is 22.8 Å². The van der Waals surface area contributed by atoms with E-state index in [-0.39, 0.29) is 25.0 Å². The van der Waals surface area contributed by atoms with Gasteiger partial charge in [0.15, 0.2) is 5.60 Å². The van der Waals surface area contributed by atoms with Gasteiger partial charge >= 0.3 is 17.9 Å². The monoisotopic (exact) mass is 386 g/mol. The SMILES string of the molecule is C=CCC1(c2ccc(N3CC(CO)OC3=O)cc2)Cn2cc([N+](=O)[O-])nc2O1. The van der Waals surface area contributed by atoms with Gasteiger partial charge in [0.2, 0.25) is 0 Å². The molecule has 1 saturated heterocycles. The Kier molecular flexibility index (Phi) is 4.27. The Morgan fingerprint density at radius 2 is 2.18 bits per heavy atom. The molecule has 2 aliphatic heterocycles. The average Bonchev–Trinajstić information content (AvgIpc) is 3.33. The maximum Gasteiger partial charge on any atom is 0.415 e. The van der Waals surface area contributed by atoms with Gasteiger partial charge in [0.25, 0.3) is 0 Å². The van der Waals surface area contributed by atoms with Crippen molar-refractivity contribution in [1.29, 1.82) is 0 Å². The van der Waals surface area contributed by atoms with E-state index in [9.17, 15) is 14.9 Å². The summed E-state index contributed by atoms with van der Waals surface area (Å²) in [6, 6.07) is 7.40. The van der Waals surface area contributed by atoms with Gasteiger partial charge in [-0.1, -0.05) is 18.2 Å². The van der Waals surface area contributed by atoms with Crippen molar-refractivity contribution in [3.63, 3.8) is 0 Å². The first-order valence-corrected chi connectivity index (χ1v) is 8.67. The lowest BCUT2D eigenvalue weighted by atomic mass is 9.90. The van der Waals surface area contributed by atoms with Gasteiger partial charge in [-0.25, -0.2) is 4.79 Å². The van der Waals surface area contributed by atoms with Crippen LogP contribution in [0.5, 0.6) is 6.01 Å². The van der Waals surface area contributed by atoms with Crippen molar-refractivity contribution in [1.82, 2.24) is 9.55 Å². The number of benzene rings is 1. The summed E-state index contributed by atoms with van der Waals surface area (Å²) in [5, 5.41) is 20.1. The summed E-state index contributed by atoms with van der Waals surface area (Å²) in [7, 11) is 0. The highest BCUT2D eigenvalue weighted by atomic mass is 16.6. The minimum Gasteiger partial charge on any atom is -0.441 e. The number of ether oxygens (including phenoxy) is 2. The molecular formula is C18H18N4O6. The summed E-state index contributed by atoms with van der Waals surface area (Å²) in [5.41, 5.74) is 0.692. The zero-order chi connectivity index (χ0) is 19.9. The molecule has 0 aliphatic carbocycles.